The van der Waals surface area contributed by atoms with Crippen molar-refractivity contribution in [2.75, 3.05) is 20.1 Å². The molecule has 5 nitrogen and oxygen atoms in total. The fourth-order valence-corrected chi connectivity index (χ4v) is 2.87. The van der Waals surface area contributed by atoms with Gasteiger partial charge in [0.2, 0.25) is 0 Å². The van der Waals surface area contributed by atoms with E-state index < -0.39 is 0 Å². The number of imidazole rings is 2. The predicted octanol–water partition coefficient (Wildman–Crippen LogP) is 1.61. The molecular formula is C13H19N5. The van der Waals surface area contributed by atoms with Crippen LogP contribution >= 0.6 is 0 Å². The third-order valence-electron chi connectivity index (χ3n) is 3.76. The molecule has 2 aromatic rings. The highest BCUT2D eigenvalue weighted by Gasteiger charge is 2.32. The van der Waals surface area contributed by atoms with E-state index >= 15 is 0 Å². The molecule has 3 rings (SSSR count). The van der Waals surface area contributed by atoms with Crippen LogP contribution in [0.1, 0.15) is 13.3 Å². The minimum absolute atomic E-state index is 0.338. The zero-order valence-corrected chi connectivity index (χ0v) is 10.9. The van der Waals surface area contributed by atoms with E-state index in [0.29, 0.717) is 5.41 Å². The molecule has 1 aliphatic rings. The summed E-state index contributed by atoms with van der Waals surface area (Å²) in [5, 5.41) is 0. The first-order chi connectivity index (χ1) is 8.66. The van der Waals surface area contributed by atoms with Crippen LogP contribution < -0.4 is 0 Å². The Morgan fingerprint density at radius 2 is 2.39 bits per heavy atom. The first-order valence-corrected chi connectivity index (χ1v) is 6.35. The Kier molecular flexibility index (Phi) is 2.70. The summed E-state index contributed by atoms with van der Waals surface area (Å²) in [6.07, 6.45) is 8.67. The van der Waals surface area contributed by atoms with Crippen molar-refractivity contribution in [3.63, 3.8) is 0 Å². The van der Waals surface area contributed by atoms with Crippen molar-refractivity contribution in [1.82, 2.24) is 24.4 Å². The molecule has 96 valence electrons. The average Bonchev–Trinajstić information content (AvgIpc) is 2.99. The van der Waals surface area contributed by atoms with Crippen LogP contribution in [-0.2, 0) is 6.54 Å². The Hall–Kier alpha value is -1.62. The number of aromatic nitrogens is 4. The van der Waals surface area contributed by atoms with Crippen LogP contribution in [0.4, 0.5) is 0 Å². The second-order valence-corrected chi connectivity index (χ2v) is 5.64. The van der Waals surface area contributed by atoms with Gasteiger partial charge in [0.25, 0.3) is 0 Å². The standard InChI is InChI=1S/C13H19N5/c1-13(3-5-17(2)8-13)9-18-6-4-15-12(18)11-7-14-10-16-11/h4,6-7,10H,3,5,8-9H2,1-2H3,(H,14,16)/t13-/m1/s1. The van der Waals surface area contributed by atoms with Gasteiger partial charge in [0.1, 0.15) is 5.69 Å². The van der Waals surface area contributed by atoms with E-state index in [1.807, 2.05) is 12.4 Å². The van der Waals surface area contributed by atoms with Gasteiger partial charge in [0.15, 0.2) is 5.82 Å². The Labute approximate surface area is 107 Å². The molecule has 0 bridgehead atoms. The van der Waals surface area contributed by atoms with Gasteiger partial charge in [-0.15, -0.1) is 0 Å². The molecule has 0 aliphatic carbocycles. The summed E-state index contributed by atoms with van der Waals surface area (Å²) in [5.41, 5.74) is 1.32. The van der Waals surface area contributed by atoms with E-state index in [-0.39, 0.29) is 0 Å². The number of likely N-dealkylation sites (tertiary alicyclic amines) is 1. The quantitative estimate of drug-likeness (QED) is 0.894. The summed E-state index contributed by atoms with van der Waals surface area (Å²) < 4.78 is 2.23. The van der Waals surface area contributed by atoms with E-state index in [0.717, 1.165) is 24.6 Å². The van der Waals surface area contributed by atoms with E-state index in [4.69, 9.17) is 0 Å². The number of aromatic amines is 1. The van der Waals surface area contributed by atoms with Crippen molar-refractivity contribution in [3.8, 4) is 11.5 Å². The maximum atomic E-state index is 4.43. The molecule has 1 atom stereocenters. The number of rotatable bonds is 3. The van der Waals surface area contributed by atoms with Gasteiger partial charge in [-0.2, -0.15) is 0 Å². The van der Waals surface area contributed by atoms with Crippen molar-refractivity contribution in [3.05, 3.63) is 24.9 Å². The van der Waals surface area contributed by atoms with E-state index in [2.05, 4.69) is 44.6 Å². The number of hydrogen-bond acceptors (Lipinski definition) is 3. The molecule has 0 radical (unpaired) electrons. The summed E-state index contributed by atoms with van der Waals surface area (Å²) in [6, 6.07) is 0. The molecule has 2 aromatic heterocycles. The van der Waals surface area contributed by atoms with Crippen molar-refractivity contribution in [2.24, 2.45) is 5.41 Å². The van der Waals surface area contributed by atoms with Crippen LogP contribution in [0, 0.1) is 5.41 Å². The highest BCUT2D eigenvalue weighted by atomic mass is 15.2. The maximum Gasteiger partial charge on any atom is 0.158 e. The molecular weight excluding hydrogens is 226 g/mol. The van der Waals surface area contributed by atoms with Crippen molar-refractivity contribution in [1.29, 1.82) is 0 Å². The van der Waals surface area contributed by atoms with Crippen molar-refractivity contribution < 1.29 is 0 Å². The second kappa shape index (κ2) is 4.24. The summed E-state index contributed by atoms with van der Waals surface area (Å²) in [6.45, 7) is 5.69. The van der Waals surface area contributed by atoms with E-state index in [1.165, 1.54) is 13.0 Å². The molecule has 18 heavy (non-hydrogen) atoms. The maximum absolute atomic E-state index is 4.43. The highest BCUT2D eigenvalue weighted by Crippen LogP contribution is 2.32. The van der Waals surface area contributed by atoms with E-state index in [1.54, 1.807) is 6.33 Å². The largest absolute Gasteiger partial charge is 0.342 e. The van der Waals surface area contributed by atoms with Gasteiger partial charge < -0.3 is 14.5 Å². The SMILES string of the molecule is CN1CC[C@@](C)(Cn2ccnc2-c2cnc[nH]2)C1. The molecule has 3 heterocycles. The molecule has 1 N–H and O–H groups in total. The summed E-state index contributed by atoms with van der Waals surface area (Å²) >= 11 is 0. The van der Waals surface area contributed by atoms with Gasteiger partial charge in [-0.25, -0.2) is 9.97 Å². The van der Waals surface area contributed by atoms with Crippen LogP contribution in [0.2, 0.25) is 0 Å². The van der Waals surface area contributed by atoms with Crippen molar-refractivity contribution >= 4 is 0 Å². The molecule has 0 aromatic carbocycles. The van der Waals surface area contributed by atoms with E-state index in [9.17, 15) is 0 Å². The van der Waals surface area contributed by atoms with Gasteiger partial charge in [0, 0.05) is 25.5 Å². The Balaban J connectivity index is 1.84. The number of nitrogens with zero attached hydrogens (tertiary/aromatic N) is 4. The molecule has 1 fully saturated rings. The zero-order valence-electron chi connectivity index (χ0n) is 10.9. The second-order valence-electron chi connectivity index (χ2n) is 5.64. The number of H-pyrrole nitrogens is 1. The van der Waals surface area contributed by atoms with Crippen LogP contribution in [0.5, 0.6) is 0 Å². The minimum atomic E-state index is 0.338. The van der Waals surface area contributed by atoms with Gasteiger partial charge in [0.05, 0.1) is 12.5 Å². The summed E-state index contributed by atoms with van der Waals surface area (Å²) in [4.78, 5) is 14.0. The van der Waals surface area contributed by atoms with Crippen LogP contribution in [0.25, 0.3) is 11.5 Å². The lowest BCUT2D eigenvalue weighted by Gasteiger charge is -2.25. The zero-order chi connectivity index (χ0) is 12.6. The number of nitrogens with one attached hydrogen (secondary N) is 1. The minimum Gasteiger partial charge on any atom is -0.342 e. The van der Waals surface area contributed by atoms with Gasteiger partial charge in [-0.3, -0.25) is 0 Å². The monoisotopic (exact) mass is 245 g/mol. The Morgan fingerprint density at radius 3 is 3.06 bits per heavy atom. The molecule has 5 heteroatoms. The van der Waals surface area contributed by atoms with Crippen LogP contribution in [-0.4, -0.2) is 44.6 Å². The summed E-state index contributed by atoms with van der Waals surface area (Å²) in [5.74, 6) is 0.975. The lowest BCUT2D eigenvalue weighted by Crippen LogP contribution is -2.27. The molecule has 0 unspecified atom stereocenters. The molecule has 0 amide bonds. The smallest absolute Gasteiger partial charge is 0.158 e. The predicted molar refractivity (Wildman–Crippen MR) is 70.0 cm³/mol. The highest BCUT2D eigenvalue weighted by molar-refractivity contribution is 5.47. The fourth-order valence-electron chi connectivity index (χ4n) is 2.87. The topological polar surface area (TPSA) is 49.7 Å². The van der Waals surface area contributed by atoms with Crippen LogP contribution in [0.15, 0.2) is 24.9 Å². The third kappa shape index (κ3) is 2.06. The number of hydrogen-bond donors (Lipinski definition) is 1. The lowest BCUT2D eigenvalue weighted by atomic mass is 9.89. The Morgan fingerprint density at radius 1 is 1.50 bits per heavy atom. The first kappa shape index (κ1) is 11.5. The fraction of sp³-hybridized carbons (Fsp3) is 0.538. The molecule has 1 aliphatic heterocycles. The normalized spacial score (nSPS) is 24.8. The first-order valence-electron chi connectivity index (χ1n) is 6.35. The van der Waals surface area contributed by atoms with Gasteiger partial charge in [-0.05, 0) is 25.4 Å². The summed E-state index contributed by atoms with van der Waals surface area (Å²) in [7, 11) is 2.19. The van der Waals surface area contributed by atoms with Crippen molar-refractivity contribution in [2.45, 2.75) is 19.9 Å². The lowest BCUT2D eigenvalue weighted by molar-refractivity contribution is 0.270. The molecule has 0 spiro atoms. The Bertz CT molecular complexity index is 515. The molecule has 0 saturated carbocycles. The van der Waals surface area contributed by atoms with Gasteiger partial charge in [-0.1, -0.05) is 6.92 Å². The molecule has 1 saturated heterocycles. The third-order valence-corrected chi connectivity index (χ3v) is 3.76. The van der Waals surface area contributed by atoms with Gasteiger partial charge >= 0.3 is 0 Å². The average molecular weight is 245 g/mol. The van der Waals surface area contributed by atoms with Crippen LogP contribution in [0.3, 0.4) is 0 Å².